The van der Waals surface area contributed by atoms with Gasteiger partial charge in [-0.2, -0.15) is 0 Å². The molecular formula is C18H30Ge2O. The number of hydrogen-bond acceptors (Lipinski definition) is 1. The first-order valence-corrected chi connectivity index (χ1v) is 18.0. The molecule has 0 aromatic carbocycles. The summed E-state index contributed by atoms with van der Waals surface area (Å²) in [5.74, 6) is 0. The fourth-order valence-electron chi connectivity index (χ4n) is 2.79. The van der Waals surface area contributed by atoms with E-state index in [9.17, 15) is 0 Å². The van der Waals surface area contributed by atoms with E-state index < -0.39 is 27.2 Å². The zero-order valence-corrected chi connectivity index (χ0v) is 17.6. The fourth-order valence-corrected chi connectivity index (χ4v) is 29.9. The summed E-state index contributed by atoms with van der Waals surface area (Å²) in [7, 11) is 0. The van der Waals surface area contributed by atoms with Gasteiger partial charge in [0.15, 0.2) is 0 Å². The van der Waals surface area contributed by atoms with Crippen molar-refractivity contribution in [1.29, 1.82) is 0 Å². The summed E-state index contributed by atoms with van der Waals surface area (Å²) in [5, 5.41) is 5.90. The summed E-state index contributed by atoms with van der Waals surface area (Å²) in [6.07, 6.45) is 12.1. The molecule has 0 heterocycles. The molecule has 0 N–H and O–H groups in total. The molecule has 0 aliphatic carbocycles. The van der Waals surface area contributed by atoms with Crippen LogP contribution in [0, 0.1) is 0 Å². The van der Waals surface area contributed by atoms with Crippen molar-refractivity contribution in [2.75, 3.05) is 0 Å². The summed E-state index contributed by atoms with van der Waals surface area (Å²) in [6.45, 7) is 23.6. The quantitative estimate of drug-likeness (QED) is 0.253. The number of hydrogen-bond donors (Lipinski definition) is 0. The van der Waals surface area contributed by atoms with Gasteiger partial charge in [-0.3, -0.25) is 0 Å². The van der Waals surface area contributed by atoms with E-state index in [1.165, 1.54) is 0 Å². The monoisotopic (exact) mass is 410 g/mol. The Kier molecular flexibility index (Phi) is 10.8. The fraction of sp³-hybridized carbons (Fsp3) is 0.333. The van der Waals surface area contributed by atoms with Crippen LogP contribution >= 0.6 is 0 Å². The Morgan fingerprint density at radius 2 is 0.667 bits per heavy atom. The van der Waals surface area contributed by atoms with E-state index in [2.05, 4.69) is 39.5 Å². The molecule has 0 spiro atoms. The molecule has 0 saturated carbocycles. The Balaban J connectivity index is 5.60. The molecular weight excluding hydrogens is 377 g/mol. The summed E-state index contributed by atoms with van der Waals surface area (Å²) in [5.41, 5.74) is 0. The molecule has 0 atom stereocenters. The Bertz CT molecular complexity index is 296. The molecule has 0 radical (unpaired) electrons. The van der Waals surface area contributed by atoms with E-state index in [-0.39, 0.29) is 0 Å². The zero-order valence-electron chi connectivity index (χ0n) is 13.4. The molecule has 116 valence electrons. The molecule has 0 aromatic heterocycles. The third-order valence-electron chi connectivity index (χ3n) is 3.53. The van der Waals surface area contributed by atoms with E-state index in [0.717, 1.165) is 31.5 Å². The predicted molar refractivity (Wildman–Crippen MR) is 103 cm³/mol. The standard InChI is InChI=1S/C18H30Ge2O/c1-7-13-19(14-8-2,15-9-3)21-20(16-10-4,17-11-5)18-12-6/h7-12H,1-6,13-18H2. The predicted octanol–water partition coefficient (Wildman–Crippen LogP) is 6.01. The van der Waals surface area contributed by atoms with Gasteiger partial charge in [0.1, 0.15) is 0 Å². The van der Waals surface area contributed by atoms with Crippen LogP contribution < -0.4 is 0 Å². The van der Waals surface area contributed by atoms with Gasteiger partial charge in [0.2, 0.25) is 0 Å². The van der Waals surface area contributed by atoms with Gasteiger partial charge < -0.3 is 0 Å². The Morgan fingerprint density at radius 1 is 0.476 bits per heavy atom. The van der Waals surface area contributed by atoms with E-state index in [1.54, 1.807) is 0 Å². The van der Waals surface area contributed by atoms with Gasteiger partial charge in [0, 0.05) is 0 Å². The normalized spacial score (nSPS) is 11.4. The van der Waals surface area contributed by atoms with Gasteiger partial charge in [-0.1, -0.05) is 0 Å². The first kappa shape index (κ1) is 20.5. The third kappa shape index (κ3) is 6.85. The molecule has 3 heteroatoms. The SMILES string of the molecule is C=C[CH2][Ge]([CH2]C=C)([CH2]C=C)[O][Ge]([CH2]C=C)([CH2]C=C)[CH2]C=C. The molecule has 1 nitrogen and oxygen atoms in total. The van der Waals surface area contributed by atoms with Crippen molar-refractivity contribution in [1.82, 2.24) is 0 Å². The summed E-state index contributed by atoms with van der Waals surface area (Å²) < 4.78 is 7.02. The molecule has 0 unspecified atom stereocenters. The van der Waals surface area contributed by atoms with Crippen molar-refractivity contribution in [2.24, 2.45) is 0 Å². The summed E-state index contributed by atoms with van der Waals surface area (Å²) in [4.78, 5) is 0. The van der Waals surface area contributed by atoms with Gasteiger partial charge in [-0.25, -0.2) is 0 Å². The Labute approximate surface area is 137 Å². The molecule has 0 saturated heterocycles. The van der Waals surface area contributed by atoms with Crippen LogP contribution in [0.5, 0.6) is 0 Å². The second-order valence-electron chi connectivity index (χ2n) is 5.42. The Morgan fingerprint density at radius 3 is 0.810 bits per heavy atom. The van der Waals surface area contributed by atoms with Crippen LogP contribution in [0.4, 0.5) is 0 Å². The molecule has 0 amide bonds. The van der Waals surface area contributed by atoms with E-state index in [0.29, 0.717) is 0 Å². The van der Waals surface area contributed by atoms with Crippen LogP contribution in [-0.2, 0) is 2.79 Å². The van der Waals surface area contributed by atoms with Crippen molar-refractivity contribution >= 4 is 27.2 Å². The van der Waals surface area contributed by atoms with E-state index >= 15 is 0 Å². The van der Waals surface area contributed by atoms with Crippen LogP contribution in [0.15, 0.2) is 75.9 Å². The molecule has 0 aromatic rings. The van der Waals surface area contributed by atoms with E-state index in [4.69, 9.17) is 2.79 Å². The minimum atomic E-state index is -2.54. The molecule has 0 fully saturated rings. The van der Waals surface area contributed by atoms with Crippen molar-refractivity contribution < 1.29 is 2.79 Å². The van der Waals surface area contributed by atoms with E-state index in [1.807, 2.05) is 36.5 Å². The second-order valence-corrected chi connectivity index (χ2v) is 23.1. The first-order chi connectivity index (χ1) is 10.1. The average molecular weight is 408 g/mol. The third-order valence-corrected chi connectivity index (χ3v) is 27.8. The van der Waals surface area contributed by atoms with Gasteiger partial charge in [-0.15, -0.1) is 0 Å². The van der Waals surface area contributed by atoms with Gasteiger partial charge >= 0.3 is 137 Å². The van der Waals surface area contributed by atoms with Crippen LogP contribution in [0.2, 0.25) is 31.5 Å². The van der Waals surface area contributed by atoms with Crippen molar-refractivity contribution in [3.05, 3.63) is 75.9 Å². The molecule has 0 aliphatic rings. The molecule has 0 aliphatic heterocycles. The first-order valence-electron chi connectivity index (χ1n) is 7.43. The van der Waals surface area contributed by atoms with Crippen molar-refractivity contribution in [3.8, 4) is 0 Å². The Hall–Kier alpha value is -0.514. The second kappa shape index (κ2) is 11.1. The molecule has 0 bridgehead atoms. The number of allylic oxidation sites excluding steroid dienone is 6. The van der Waals surface area contributed by atoms with Gasteiger partial charge in [0.25, 0.3) is 0 Å². The van der Waals surface area contributed by atoms with Crippen LogP contribution in [0.3, 0.4) is 0 Å². The maximum absolute atomic E-state index is 7.02. The molecule has 0 rings (SSSR count). The minimum absolute atomic E-state index is 0.983. The maximum atomic E-state index is 7.02. The van der Waals surface area contributed by atoms with Gasteiger partial charge in [-0.05, 0) is 0 Å². The van der Waals surface area contributed by atoms with Crippen LogP contribution in [0.1, 0.15) is 0 Å². The zero-order chi connectivity index (χ0) is 16.2. The van der Waals surface area contributed by atoms with Crippen molar-refractivity contribution in [2.45, 2.75) is 31.5 Å². The summed E-state index contributed by atoms with van der Waals surface area (Å²) >= 11 is -5.09. The van der Waals surface area contributed by atoms with Crippen LogP contribution in [0.25, 0.3) is 0 Å². The average Bonchev–Trinajstić information content (AvgIpc) is 2.40. The molecule has 21 heavy (non-hydrogen) atoms. The van der Waals surface area contributed by atoms with Gasteiger partial charge in [0.05, 0.1) is 0 Å². The van der Waals surface area contributed by atoms with Crippen molar-refractivity contribution in [3.63, 3.8) is 0 Å². The number of rotatable bonds is 14. The summed E-state index contributed by atoms with van der Waals surface area (Å²) in [6, 6.07) is 0. The van der Waals surface area contributed by atoms with Crippen LogP contribution in [-0.4, -0.2) is 27.2 Å². The topological polar surface area (TPSA) is 9.23 Å².